The Labute approximate surface area is 89.6 Å². The van der Waals surface area contributed by atoms with E-state index in [9.17, 15) is 9.59 Å². The quantitative estimate of drug-likeness (QED) is 0.393. The van der Waals surface area contributed by atoms with Gasteiger partial charge in [-0.1, -0.05) is 18.7 Å². The number of methoxy groups -OCH3 is 2. The molecule has 0 heterocycles. The fourth-order valence-corrected chi connectivity index (χ4v) is 1.09. The molecule has 0 bridgehead atoms. The molecular formula is C11H16O4. The first-order chi connectivity index (χ1) is 7.06. The smallest absolute Gasteiger partial charge is 0.333 e. The fraction of sp³-hybridized carbons (Fsp3) is 0.455. The van der Waals surface area contributed by atoms with E-state index in [0.717, 1.165) is 0 Å². The van der Waals surface area contributed by atoms with Crippen LogP contribution in [0.4, 0.5) is 0 Å². The Balaban J connectivity index is 4.59. The Bertz CT molecular complexity index is 278. The van der Waals surface area contributed by atoms with Crippen LogP contribution >= 0.6 is 0 Å². The van der Waals surface area contributed by atoms with Gasteiger partial charge in [-0.2, -0.15) is 0 Å². The molecule has 4 heteroatoms. The highest BCUT2D eigenvalue weighted by Gasteiger charge is 2.20. The van der Waals surface area contributed by atoms with Crippen LogP contribution in [0.1, 0.15) is 13.3 Å². The molecule has 0 aliphatic carbocycles. The molecule has 0 N–H and O–H groups in total. The molecule has 0 aliphatic heterocycles. The summed E-state index contributed by atoms with van der Waals surface area (Å²) in [6, 6.07) is 0. The second-order valence-corrected chi connectivity index (χ2v) is 2.93. The monoisotopic (exact) mass is 212 g/mol. The fourth-order valence-electron chi connectivity index (χ4n) is 1.09. The number of allylic oxidation sites excluding steroid dienone is 2. The van der Waals surface area contributed by atoms with Crippen molar-refractivity contribution in [3.8, 4) is 0 Å². The van der Waals surface area contributed by atoms with Crippen LogP contribution in [0.3, 0.4) is 0 Å². The third-order valence-corrected chi connectivity index (χ3v) is 1.93. The highest BCUT2D eigenvalue weighted by Crippen LogP contribution is 2.17. The van der Waals surface area contributed by atoms with Crippen molar-refractivity contribution in [1.29, 1.82) is 0 Å². The van der Waals surface area contributed by atoms with Crippen LogP contribution in [0.2, 0.25) is 0 Å². The van der Waals surface area contributed by atoms with E-state index in [-0.39, 0.29) is 23.9 Å². The van der Waals surface area contributed by atoms with Gasteiger partial charge in [0.2, 0.25) is 0 Å². The van der Waals surface area contributed by atoms with Crippen LogP contribution in [0.5, 0.6) is 0 Å². The molecule has 0 aliphatic rings. The summed E-state index contributed by atoms with van der Waals surface area (Å²) in [7, 11) is 2.58. The van der Waals surface area contributed by atoms with Crippen molar-refractivity contribution in [2.24, 2.45) is 5.92 Å². The average Bonchev–Trinajstić information content (AvgIpc) is 2.26. The zero-order valence-electron chi connectivity index (χ0n) is 9.28. The lowest BCUT2D eigenvalue weighted by molar-refractivity contribution is -0.141. The molecule has 0 unspecified atom stereocenters. The third-order valence-electron chi connectivity index (χ3n) is 1.93. The minimum absolute atomic E-state index is 0.0920. The van der Waals surface area contributed by atoms with E-state index in [4.69, 9.17) is 0 Å². The molecule has 0 fully saturated rings. The number of hydrogen-bond acceptors (Lipinski definition) is 4. The molecule has 4 nitrogen and oxygen atoms in total. The summed E-state index contributed by atoms with van der Waals surface area (Å²) in [4.78, 5) is 22.3. The maximum atomic E-state index is 11.2. The highest BCUT2D eigenvalue weighted by atomic mass is 16.5. The van der Waals surface area contributed by atoms with Crippen molar-refractivity contribution in [2.45, 2.75) is 13.3 Å². The highest BCUT2D eigenvalue weighted by molar-refractivity contribution is 5.89. The molecule has 0 amide bonds. The molecule has 1 atom stereocenters. The van der Waals surface area contributed by atoms with Gasteiger partial charge >= 0.3 is 11.9 Å². The van der Waals surface area contributed by atoms with E-state index in [1.165, 1.54) is 14.2 Å². The van der Waals surface area contributed by atoms with Gasteiger partial charge in [-0.25, -0.2) is 4.79 Å². The Morgan fingerprint density at radius 2 is 1.93 bits per heavy atom. The number of rotatable bonds is 5. The van der Waals surface area contributed by atoms with Crippen molar-refractivity contribution >= 4 is 11.9 Å². The standard InChI is InChI=1S/C11H16O4/c1-5-6-9(7-10(12)14-3)8(2)11(13)15-4/h5-6,9H,2,7H2,1,3-4H3/b6-5+/t9-/m1/s1. The molecule has 0 saturated heterocycles. The van der Waals surface area contributed by atoms with Gasteiger partial charge in [0, 0.05) is 11.5 Å². The second-order valence-electron chi connectivity index (χ2n) is 2.93. The molecule has 0 aromatic rings. The summed E-state index contributed by atoms with van der Waals surface area (Å²) in [5.74, 6) is -1.26. The molecule has 0 aromatic carbocycles. The lowest BCUT2D eigenvalue weighted by atomic mass is 9.96. The zero-order valence-corrected chi connectivity index (χ0v) is 9.28. The van der Waals surface area contributed by atoms with Gasteiger partial charge in [-0.15, -0.1) is 0 Å². The molecular weight excluding hydrogens is 196 g/mol. The molecule has 0 saturated carbocycles. The summed E-state index contributed by atoms with van der Waals surface area (Å²) in [5.41, 5.74) is 0.251. The van der Waals surface area contributed by atoms with Gasteiger partial charge in [-0.3, -0.25) is 4.79 Å². The summed E-state index contributed by atoms with van der Waals surface area (Å²) in [5, 5.41) is 0. The van der Waals surface area contributed by atoms with E-state index >= 15 is 0 Å². The van der Waals surface area contributed by atoms with Crippen molar-refractivity contribution in [1.82, 2.24) is 0 Å². The molecule has 0 radical (unpaired) electrons. The average molecular weight is 212 g/mol. The van der Waals surface area contributed by atoms with Crippen LogP contribution in [0, 0.1) is 5.92 Å². The number of ether oxygens (including phenoxy) is 2. The predicted molar refractivity (Wildman–Crippen MR) is 56.1 cm³/mol. The van der Waals surface area contributed by atoms with Crippen molar-refractivity contribution in [2.75, 3.05) is 14.2 Å². The second kappa shape index (κ2) is 6.81. The molecule has 84 valence electrons. The van der Waals surface area contributed by atoms with E-state index in [0.29, 0.717) is 0 Å². The lowest BCUT2D eigenvalue weighted by Crippen LogP contribution is -2.16. The van der Waals surface area contributed by atoms with E-state index in [1.54, 1.807) is 19.1 Å². The van der Waals surface area contributed by atoms with Crippen molar-refractivity contribution in [3.63, 3.8) is 0 Å². The predicted octanol–water partition coefficient (Wildman–Crippen LogP) is 1.47. The molecule has 0 rings (SSSR count). The van der Waals surface area contributed by atoms with Crippen LogP contribution < -0.4 is 0 Å². The Morgan fingerprint density at radius 1 is 1.33 bits per heavy atom. The lowest BCUT2D eigenvalue weighted by Gasteiger charge is -2.12. The van der Waals surface area contributed by atoms with Gasteiger partial charge in [0.1, 0.15) is 0 Å². The van der Waals surface area contributed by atoms with E-state index in [2.05, 4.69) is 16.1 Å². The zero-order chi connectivity index (χ0) is 11.8. The minimum atomic E-state index is -0.512. The van der Waals surface area contributed by atoms with Crippen LogP contribution in [-0.2, 0) is 19.1 Å². The van der Waals surface area contributed by atoms with Crippen molar-refractivity contribution in [3.05, 3.63) is 24.3 Å². The van der Waals surface area contributed by atoms with Gasteiger partial charge in [0.25, 0.3) is 0 Å². The summed E-state index contributed by atoms with van der Waals surface area (Å²) in [6.45, 7) is 5.40. The Hall–Kier alpha value is -1.58. The maximum Gasteiger partial charge on any atom is 0.333 e. The topological polar surface area (TPSA) is 52.6 Å². The third kappa shape index (κ3) is 4.44. The number of carbonyl (C=O) groups is 2. The number of esters is 2. The first-order valence-electron chi connectivity index (χ1n) is 4.53. The first-order valence-corrected chi connectivity index (χ1v) is 4.53. The van der Waals surface area contributed by atoms with Crippen molar-refractivity contribution < 1.29 is 19.1 Å². The normalized spacial score (nSPS) is 12.2. The molecule has 0 aromatic heterocycles. The van der Waals surface area contributed by atoms with Gasteiger partial charge in [0.05, 0.1) is 20.6 Å². The summed E-state index contributed by atoms with van der Waals surface area (Å²) < 4.78 is 9.05. The summed E-state index contributed by atoms with van der Waals surface area (Å²) >= 11 is 0. The largest absolute Gasteiger partial charge is 0.469 e. The van der Waals surface area contributed by atoms with Crippen LogP contribution in [-0.4, -0.2) is 26.2 Å². The number of hydrogen-bond donors (Lipinski definition) is 0. The Kier molecular flexibility index (Phi) is 6.09. The minimum Gasteiger partial charge on any atom is -0.469 e. The van der Waals surface area contributed by atoms with Gasteiger partial charge < -0.3 is 9.47 Å². The van der Waals surface area contributed by atoms with Gasteiger partial charge in [0.15, 0.2) is 0 Å². The first kappa shape index (κ1) is 13.4. The maximum absolute atomic E-state index is 11.2. The molecule has 15 heavy (non-hydrogen) atoms. The van der Waals surface area contributed by atoms with Gasteiger partial charge in [-0.05, 0) is 6.92 Å². The number of carbonyl (C=O) groups excluding carboxylic acids is 2. The summed E-state index contributed by atoms with van der Waals surface area (Å²) in [6.07, 6.45) is 3.56. The van der Waals surface area contributed by atoms with Crippen LogP contribution in [0.25, 0.3) is 0 Å². The SMILES string of the molecule is C=C(C(=O)OC)[C@H](/C=C/C)CC(=O)OC. The van der Waals surface area contributed by atoms with E-state index < -0.39 is 5.97 Å². The van der Waals surface area contributed by atoms with Crippen LogP contribution in [0.15, 0.2) is 24.3 Å². The Morgan fingerprint density at radius 3 is 2.33 bits per heavy atom. The molecule has 0 spiro atoms. The van der Waals surface area contributed by atoms with E-state index in [1.807, 2.05) is 0 Å².